The van der Waals surface area contributed by atoms with Gasteiger partial charge in [-0.2, -0.15) is 0 Å². The number of hydroxylamine groups is 1. The van der Waals surface area contributed by atoms with E-state index >= 15 is 0 Å². The molecule has 6 nitrogen and oxygen atoms in total. The minimum atomic E-state index is -0.981. The molecular formula is C25H20Cl2N2O4. The Morgan fingerprint density at radius 3 is 2.39 bits per heavy atom. The molecule has 3 aromatic rings. The van der Waals surface area contributed by atoms with E-state index in [-0.39, 0.29) is 5.91 Å². The first-order valence-electron chi connectivity index (χ1n) is 10.6. The van der Waals surface area contributed by atoms with Gasteiger partial charge in [0.1, 0.15) is 11.7 Å². The predicted molar refractivity (Wildman–Crippen MR) is 127 cm³/mol. The summed E-state index contributed by atoms with van der Waals surface area (Å²) >= 11 is 12.7. The third-order valence-corrected chi connectivity index (χ3v) is 6.36. The van der Waals surface area contributed by atoms with Gasteiger partial charge in [0.05, 0.1) is 24.0 Å². The monoisotopic (exact) mass is 482 g/mol. The number of halogens is 2. The lowest BCUT2D eigenvalue weighted by Gasteiger charge is -2.29. The number of hydrogen-bond donors (Lipinski definition) is 0. The number of benzene rings is 3. The van der Waals surface area contributed by atoms with Gasteiger partial charge in [0, 0.05) is 16.1 Å². The summed E-state index contributed by atoms with van der Waals surface area (Å²) in [4.78, 5) is 34.4. The van der Waals surface area contributed by atoms with Crippen molar-refractivity contribution in [3.05, 3.63) is 88.4 Å². The highest BCUT2D eigenvalue weighted by Crippen LogP contribution is 2.49. The van der Waals surface area contributed by atoms with E-state index in [1.807, 2.05) is 37.3 Å². The molecule has 0 bridgehead atoms. The van der Waals surface area contributed by atoms with Crippen LogP contribution >= 0.6 is 23.2 Å². The summed E-state index contributed by atoms with van der Waals surface area (Å²) in [5.74, 6) is -0.982. The lowest BCUT2D eigenvalue weighted by molar-refractivity contribution is -0.126. The number of carbonyl (C=O) groups excluding carboxylic acids is 2. The number of anilines is 2. The molecule has 2 heterocycles. The average molecular weight is 483 g/mol. The van der Waals surface area contributed by atoms with Gasteiger partial charge in [-0.1, -0.05) is 53.5 Å². The molecule has 2 aliphatic rings. The summed E-state index contributed by atoms with van der Waals surface area (Å²) in [5, 5.41) is 2.48. The van der Waals surface area contributed by atoms with Crippen molar-refractivity contribution < 1.29 is 19.2 Å². The normalized spacial score (nSPS) is 22.1. The molecule has 8 heteroatoms. The minimum absolute atomic E-state index is 0.354. The first-order valence-corrected chi connectivity index (χ1v) is 11.3. The molecule has 0 radical (unpaired) electrons. The third-order valence-electron chi connectivity index (χ3n) is 5.79. The van der Waals surface area contributed by atoms with Crippen LogP contribution in [-0.2, 0) is 14.4 Å². The topological polar surface area (TPSA) is 59.1 Å². The van der Waals surface area contributed by atoms with E-state index < -0.39 is 24.0 Å². The maximum absolute atomic E-state index is 13.7. The largest absolute Gasteiger partial charge is 0.494 e. The highest BCUT2D eigenvalue weighted by molar-refractivity contribution is 6.35. The fourth-order valence-electron chi connectivity index (χ4n) is 4.40. The molecule has 0 unspecified atom stereocenters. The highest BCUT2D eigenvalue weighted by Gasteiger charge is 2.60. The second-order valence-electron chi connectivity index (χ2n) is 7.77. The quantitative estimate of drug-likeness (QED) is 0.453. The standard InChI is InChI=1S/C25H20Cl2N2O4/c1-2-32-18-10-6-9-17(14-18)28-24(30)21-22(19-12-11-15(26)13-20(19)27)29(33-23(21)25(28)31)16-7-4-3-5-8-16/h3-14,21-23H,2H2,1H3/t21-,22-,23-/m1/s1. The Bertz CT molecular complexity index is 1220. The number of para-hydroxylation sites is 1. The van der Waals surface area contributed by atoms with Crippen LogP contribution in [0.5, 0.6) is 5.75 Å². The number of hydrogen-bond acceptors (Lipinski definition) is 5. The minimum Gasteiger partial charge on any atom is -0.494 e. The van der Waals surface area contributed by atoms with E-state index in [0.717, 1.165) is 0 Å². The van der Waals surface area contributed by atoms with E-state index in [9.17, 15) is 9.59 Å². The first-order chi connectivity index (χ1) is 16.0. The molecular weight excluding hydrogens is 463 g/mol. The van der Waals surface area contributed by atoms with E-state index in [2.05, 4.69) is 0 Å². The number of rotatable bonds is 5. The van der Waals surface area contributed by atoms with Gasteiger partial charge in [0.25, 0.3) is 5.91 Å². The van der Waals surface area contributed by atoms with Crippen molar-refractivity contribution in [2.24, 2.45) is 5.92 Å². The lowest BCUT2D eigenvalue weighted by atomic mass is 9.90. The smallest absolute Gasteiger partial charge is 0.266 e. The van der Waals surface area contributed by atoms with Crippen LogP contribution in [0.3, 0.4) is 0 Å². The van der Waals surface area contributed by atoms with Crippen LogP contribution in [0.1, 0.15) is 18.5 Å². The van der Waals surface area contributed by atoms with Crippen molar-refractivity contribution in [2.45, 2.75) is 19.1 Å². The molecule has 2 saturated heterocycles. The number of carbonyl (C=O) groups is 2. The molecule has 0 saturated carbocycles. The summed E-state index contributed by atoms with van der Waals surface area (Å²) in [6.07, 6.45) is -0.981. The zero-order valence-corrected chi connectivity index (χ0v) is 19.2. The Morgan fingerprint density at radius 1 is 0.909 bits per heavy atom. The number of ether oxygens (including phenoxy) is 1. The molecule has 3 atom stereocenters. The number of amides is 2. The Balaban J connectivity index is 1.58. The summed E-state index contributed by atoms with van der Waals surface area (Å²) in [6, 6.07) is 20.7. The summed E-state index contributed by atoms with van der Waals surface area (Å²) in [5.41, 5.74) is 1.82. The van der Waals surface area contributed by atoms with Crippen LogP contribution in [0.2, 0.25) is 10.0 Å². The van der Waals surface area contributed by atoms with Crippen molar-refractivity contribution in [3.63, 3.8) is 0 Å². The number of nitrogens with zero attached hydrogens (tertiary/aromatic N) is 2. The zero-order chi connectivity index (χ0) is 23.1. The van der Waals surface area contributed by atoms with Crippen LogP contribution in [0.4, 0.5) is 11.4 Å². The molecule has 3 aromatic carbocycles. The van der Waals surface area contributed by atoms with Crippen LogP contribution in [0, 0.1) is 5.92 Å². The SMILES string of the molecule is CCOc1cccc(N2C(=O)[C@@H]3[C@@H](c4ccc(Cl)cc4Cl)N(c4ccccc4)O[C@H]3C2=O)c1. The molecule has 0 spiro atoms. The van der Waals surface area contributed by atoms with Gasteiger partial charge in [0.15, 0.2) is 6.10 Å². The number of fused-ring (bicyclic) bond motifs is 1. The summed E-state index contributed by atoms with van der Waals surface area (Å²) in [7, 11) is 0. The average Bonchev–Trinajstić information content (AvgIpc) is 3.31. The third kappa shape index (κ3) is 3.74. The van der Waals surface area contributed by atoms with Crippen molar-refractivity contribution in [1.29, 1.82) is 0 Å². The van der Waals surface area contributed by atoms with Crippen molar-refractivity contribution >= 4 is 46.4 Å². The van der Waals surface area contributed by atoms with Gasteiger partial charge in [-0.15, -0.1) is 0 Å². The van der Waals surface area contributed by atoms with Gasteiger partial charge < -0.3 is 4.74 Å². The molecule has 33 heavy (non-hydrogen) atoms. The fraction of sp³-hybridized carbons (Fsp3) is 0.200. The Kier molecular flexibility index (Phi) is 5.74. The molecule has 2 aliphatic heterocycles. The van der Waals surface area contributed by atoms with Gasteiger partial charge in [-0.3, -0.25) is 14.4 Å². The van der Waals surface area contributed by atoms with E-state index in [0.29, 0.717) is 39.3 Å². The predicted octanol–water partition coefficient (Wildman–Crippen LogP) is 5.44. The van der Waals surface area contributed by atoms with Crippen LogP contribution in [0.25, 0.3) is 0 Å². The van der Waals surface area contributed by atoms with Gasteiger partial charge >= 0.3 is 0 Å². The van der Waals surface area contributed by atoms with Gasteiger partial charge in [-0.05, 0) is 48.9 Å². The Morgan fingerprint density at radius 2 is 1.67 bits per heavy atom. The number of imide groups is 1. The van der Waals surface area contributed by atoms with E-state index in [1.54, 1.807) is 47.5 Å². The van der Waals surface area contributed by atoms with Crippen LogP contribution in [-0.4, -0.2) is 24.5 Å². The molecule has 5 rings (SSSR count). The van der Waals surface area contributed by atoms with Crippen LogP contribution in [0.15, 0.2) is 72.8 Å². The lowest BCUT2D eigenvalue weighted by Crippen LogP contribution is -2.37. The van der Waals surface area contributed by atoms with Gasteiger partial charge in [-0.25, -0.2) is 9.96 Å². The molecule has 0 N–H and O–H groups in total. The molecule has 0 aromatic heterocycles. The Labute approximate surface area is 201 Å². The Hall–Kier alpha value is -3.06. The summed E-state index contributed by atoms with van der Waals surface area (Å²) < 4.78 is 5.54. The second-order valence-corrected chi connectivity index (χ2v) is 8.61. The first kappa shape index (κ1) is 21.8. The maximum atomic E-state index is 13.7. The second kappa shape index (κ2) is 8.71. The van der Waals surface area contributed by atoms with E-state index in [1.165, 1.54) is 4.90 Å². The molecule has 2 amide bonds. The highest BCUT2D eigenvalue weighted by atomic mass is 35.5. The fourth-order valence-corrected chi connectivity index (χ4v) is 4.92. The van der Waals surface area contributed by atoms with Crippen molar-refractivity contribution in [1.82, 2.24) is 0 Å². The van der Waals surface area contributed by atoms with E-state index in [4.69, 9.17) is 32.8 Å². The molecule has 0 aliphatic carbocycles. The van der Waals surface area contributed by atoms with Gasteiger partial charge in [0.2, 0.25) is 5.91 Å². The van der Waals surface area contributed by atoms with Crippen molar-refractivity contribution in [2.75, 3.05) is 16.6 Å². The maximum Gasteiger partial charge on any atom is 0.266 e. The van der Waals surface area contributed by atoms with Crippen molar-refractivity contribution in [3.8, 4) is 5.75 Å². The molecule has 2 fully saturated rings. The zero-order valence-electron chi connectivity index (χ0n) is 17.7. The molecule has 168 valence electrons. The van der Waals surface area contributed by atoms with Crippen LogP contribution < -0.4 is 14.7 Å². The summed E-state index contributed by atoms with van der Waals surface area (Å²) in [6.45, 7) is 2.35.